The van der Waals surface area contributed by atoms with Gasteiger partial charge in [-0.05, 0) is 11.8 Å². The zero-order valence-corrected chi connectivity index (χ0v) is 8.72. The van der Waals surface area contributed by atoms with E-state index in [1.807, 2.05) is 0 Å². The molecule has 11 heavy (non-hydrogen) atoms. The van der Waals surface area contributed by atoms with Crippen LogP contribution in [0.3, 0.4) is 0 Å². The van der Waals surface area contributed by atoms with E-state index in [1.54, 1.807) is 0 Å². The molecule has 0 aromatic carbocycles. The van der Waals surface area contributed by atoms with Gasteiger partial charge in [0, 0.05) is 0 Å². The molecule has 0 aliphatic carbocycles. The van der Waals surface area contributed by atoms with Crippen molar-refractivity contribution in [3.8, 4) is 0 Å². The molecule has 0 heterocycles. The minimum absolute atomic E-state index is 0.595. The Morgan fingerprint density at radius 2 is 1.55 bits per heavy atom. The Labute approximate surface area is 72.4 Å². The molecule has 0 aromatic heterocycles. The van der Waals surface area contributed by atoms with E-state index in [0.29, 0.717) is 5.92 Å². The lowest BCUT2D eigenvalue weighted by atomic mass is 9.77. The summed E-state index contributed by atoms with van der Waals surface area (Å²) in [7, 11) is 0. The van der Waals surface area contributed by atoms with E-state index >= 15 is 0 Å². The second kappa shape index (κ2) is 4.79. The van der Waals surface area contributed by atoms with E-state index in [2.05, 4.69) is 41.5 Å². The van der Waals surface area contributed by atoms with Gasteiger partial charge in [-0.15, -0.1) is 0 Å². The highest BCUT2D eigenvalue weighted by Gasteiger charge is 2.17. The maximum Gasteiger partial charge on any atom is -0.0413 e. The van der Waals surface area contributed by atoms with E-state index in [1.165, 1.54) is 6.42 Å². The van der Waals surface area contributed by atoms with Gasteiger partial charge in [0.25, 0.3) is 0 Å². The fraction of sp³-hybridized carbons (Fsp3) is 0.909. The number of rotatable bonds is 4. The highest BCUT2D eigenvalue weighted by atomic mass is 14.3. The largest absolute Gasteiger partial charge is 0.340 e. The first-order chi connectivity index (χ1) is 5.00. The van der Waals surface area contributed by atoms with Gasteiger partial charge in [0.15, 0.2) is 0 Å². The molecule has 0 nitrogen and oxygen atoms in total. The first-order valence-electron chi connectivity index (χ1n) is 4.83. The Morgan fingerprint density at radius 1 is 1.09 bits per heavy atom. The Kier molecular flexibility index (Phi) is 4.79. The van der Waals surface area contributed by atoms with Crippen LogP contribution in [0.1, 0.15) is 41.0 Å². The lowest BCUT2D eigenvalue weighted by Gasteiger charge is -2.32. The predicted molar refractivity (Wildman–Crippen MR) is 52.3 cm³/mol. The monoisotopic (exact) mass is 155 g/mol. The standard InChI is InChI=1S/C11H23/c1-7-11(9(4)5)10(6)8(2)3/h8-11H,4,7H2,1-3,5-6H3/q-1. The van der Waals surface area contributed by atoms with Gasteiger partial charge >= 0.3 is 0 Å². The summed E-state index contributed by atoms with van der Waals surface area (Å²) >= 11 is 0. The van der Waals surface area contributed by atoms with Crippen molar-refractivity contribution in [2.75, 3.05) is 0 Å². The van der Waals surface area contributed by atoms with Crippen LogP contribution in [-0.4, -0.2) is 0 Å². The van der Waals surface area contributed by atoms with Gasteiger partial charge in [-0.2, -0.15) is 5.92 Å². The van der Waals surface area contributed by atoms with Crippen LogP contribution in [0, 0.1) is 30.6 Å². The lowest BCUT2D eigenvalue weighted by Crippen LogP contribution is -2.21. The second-order valence-electron chi connectivity index (χ2n) is 4.15. The smallest absolute Gasteiger partial charge is 0.0413 e. The van der Waals surface area contributed by atoms with Gasteiger partial charge in [0.1, 0.15) is 0 Å². The van der Waals surface area contributed by atoms with Crippen LogP contribution in [0.5, 0.6) is 0 Å². The van der Waals surface area contributed by atoms with Crippen LogP contribution in [0.4, 0.5) is 0 Å². The normalized spacial score (nSPS) is 19.9. The molecule has 3 unspecified atom stereocenters. The molecule has 0 N–H and O–H groups in total. The maximum absolute atomic E-state index is 4.11. The molecule has 0 amide bonds. The fourth-order valence-corrected chi connectivity index (χ4v) is 1.79. The van der Waals surface area contributed by atoms with Gasteiger partial charge in [0.05, 0.1) is 0 Å². The Bertz CT molecular complexity index is 92.2. The molecule has 0 aromatic rings. The van der Waals surface area contributed by atoms with Gasteiger partial charge in [0.2, 0.25) is 0 Å². The first-order valence-corrected chi connectivity index (χ1v) is 4.83. The molecule has 0 saturated carbocycles. The van der Waals surface area contributed by atoms with E-state index in [9.17, 15) is 0 Å². The average molecular weight is 155 g/mol. The molecule has 0 fully saturated rings. The molecule has 0 aliphatic rings. The van der Waals surface area contributed by atoms with Crippen LogP contribution in [0.25, 0.3) is 0 Å². The van der Waals surface area contributed by atoms with Crippen molar-refractivity contribution in [3.63, 3.8) is 0 Å². The molecule has 3 atom stereocenters. The highest BCUT2D eigenvalue weighted by Crippen LogP contribution is 2.28. The maximum atomic E-state index is 4.11. The summed E-state index contributed by atoms with van der Waals surface area (Å²) in [6, 6.07) is 0. The Balaban J connectivity index is 4.02. The summed E-state index contributed by atoms with van der Waals surface area (Å²) in [5.41, 5.74) is 0. The lowest BCUT2D eigenvalue weighted by molar-refractivity contribution is 0.223. The van der Waals surface area contributed by atoms with Crippen molar-refractivity contribution in [1.29, 1.82) is 0 Å². The van der Waals surface area contributed by atoms with E-state index in [-0.39, 0.29) is 0 Å². The summed E-state index contributed by atoms with van der Waals surface area (Å²) < 4.78 is 0. The Morgan fingerprint density at radius 3 is 1.64 bits per heavy atom. The summed E-state index contributed by atoms with van der Waals surface area (Å²) in [4.78, 5) is 0. The third-order valence-electron chi connectivity index (χ3n) is 2.93. The summed E-state index contributed by atoms with van der Waals surface area (Å²) in [5, 5.41) is 0. The van der Waals surface area contributed by atoms with Crippen LogP contribution in [0.15, 0.2) is 0 Å². The van der Waals surface area contributed by atoms with Crippen molar-refractivity contribution in [3.05, 3.63) is 6.92 Å². The van der Waals surface area contributed by atoms with Gasteiger partial charge in [-0.3, -0.25) is 0 Å². The minimum atomic E-state index is 0.595. The van der Waals surface area contributed by atoms with Gasteiger partial charge in [-0.1, -0.05) is 47.0 Å². The van der Waals surface area contributed by atoms with E-state index in [4.69, 9.17) is 0 Å². The third kappa shape index (κ3) is 3.27. The van der Waals surface area contributed by atoms with Crippen molar-refractivity contribution >= 4 is 0 Å². The molecule has 0 aliphatic heterocycles. The summed E-state index contributed by atoms with van der Waals surface area (Å²) in [6.45, 7) is 15.6. The van der Waals surface area contributed by atoms with Crippen LogP contribution < -0.4 is 0 Å². The second-order valence-corrected chi connectivity index (χ2v) is 4.15. The fourth-order valence-electron chi connectivity index (χ4n) is 1.79. The molecule has 0 spiro atoms. The zero-order chi connectivity index (χ0) is 9.02. The van der Waals surface area contributed by atoms with Gasteiger partial charge < -0.3 is 6.92 Å². The third-order valence-corrected chi connectivity index (χ3v) is 2.93. The van der Waals surface area contributed by atoms with Gasteiger partial charge in [-0.25, -0.2) is 0 Å². The summed E-state index contributed by atoms with van der Waals surface area (Å²) in [6.07, 6.45) is 1.27. The molecule has 0 radical (unpaired) electrons. The quantitative estimate of drug-likeness (QED) is 0.542. The molecular formula is C11H23-. The van der Waals surface area contributed by atoms with Crippen LogP contribution >= 0.6 is 0 Å². The van der Waals surface area contributed by atoms with Crippen molar-refractivity contribution < 1.29 is 0 Å². The molecular weight excluding hydrogens is 132 g/mol. The minimum Gasteiger partial charge on any atom is -0.340 e. The van der Waals surface area contributed by atoms with Crippen molar-refractivity contribution in [2.24, 2.45) is 23.7 Å². The van der Waals surface area contributed by atoms with Crippen LogP contribution in [-0.2, 0) is 0 Å². The van der Waals surface area contributed by atoms with Crippen molar-refractivity contribution in [2.45, 2.75) is 41.0 Å². The van der Waals surface area contributed by atoms with Crippen LogP contribution in [0.2, 0.25) is 0 Å². The number of hydrogen-bond donors (Lipinski definition) is 0. The molecule has 68 valence electrons. The molecule has 0 bridgehead atoms. The summed E-state index contributed by atoms with van der Waals surface area (Å²) in [5.74, 6) is 3.00. The molecule has 0 rings (SSSR count). The Hall–Kier alpha value is 0. The SMILES string of the molecule is [CH2-]C(C)C(CC)C(C)C(C)C. The molecule has 0 saturated heterocycles. The predicted octanol–water partition coefficient (Wildman–Crippen LogP) is 3.77. The molecule has 0 heteroatoms. The zero-order valence-electron chi connectivity index (χ0n) is 8.72. The van der Waals surface area contributed by atoms with E-state index < -0.39 is 0 Å². The van der Waals surface area contributed by atoms with Crippen molar-refractivity contribution in [1.82, 2.24) is 0 Å². The highest BCUT2D eigenvalue weighted by molar-refractivity contribution is 4.74. The number of hydrogen-bond acceptors (Lipinski definition) is 0. The topological polar surface area (TPSA) is 0 Å². The first kappa shape index (κ1) is 11.0. The average Bonchev–Trinajstić information content (AvgIpc) is 1.88. The van der Waals surface area contributed by atoms with E-state index in [0.717, 1.165) is 17.8 Å².